The third-order valence-electron chi connectivity index (χ3n) is 3.82. The highest BCUT2D eigenvalue weighted by Crippen LogP contribution is 2.36. The smallest absolute Gasteiger partial charge is 0.216 e. The second kappa shape index (κ2) is 8.37. The van der Waals surface area contributed by atoms with E-state index < -0.39 is 0 Å². The fourth-order valence-electron chi connectivity index (χ4n) is 2.51. The van der Waals surface area contributed by atoms with E-state index >= 15 is 0 Å². The molecule has 6 nitrogen and oxygen atoms in total. The van der Waals surface area contributed by atoms with E-state index in [4.69, 9.17) is 33.3 Å². The van der Waals surface area contributed by atoms with Gasteiger partial charge in [-0.15, -0.1) is 0 Å². The molecule has 2 aromatic carbocycles. The highest BCUT2D eigenvalue weighted by Gasteiger charge is 2.12. The van der Waals surface area contributed by atoms with E-state index in [0.29, 0.717) is 33.7 Å². The van der Waals surface area contributed by atoms with Gasteiger partial charge in [-0.2, -0.15) is 14.9 Å². The van der Waals surface area contributed by atoms with Gasteiger partial charge in [-0.3, -0.25) is 0 Å². The third kappa shape index (κ3) is 4.20. The maximum absolute atomic E-state index is 6.31. The second-order valence-electron chi connectivity index (χ2n) is 5.74. The molecule has 0 aliphatic heterocycles. The lowest BCUT2D eigenvalue weighted by molar-refractivity contribution is 0.311. The van der Waals surface area contributed by atoms with E-state index in [-0.39, 0.29) is 0 Å². The number of nitrogens with zero attached hydrogens (tertiary/aromatic N) is 3. The van der Waals surface area contributed by atoms with Gasteiger partial charge in [0.15, 0.2) is 17.3 Å². The number of benzene rings is 2. The number of ether oxygens (including phenoxy) is 2. The number of aryl methyl sites for hydroxylation is 1. The molecule has 140 valence electrons. The molecule has 27 heavy (non-hydrogen) atoms. The molecule has 1 aromatic heterocycles. The van der Waals surface area contributed by atoms with E-state index in [0.717, 1.165) is 11.1 Å². The summed E-state index contributed by atoms with van der Waals surface area (Å²) >= 11 is 11.6. The van der Waals surface area contributed by atoms with Crippen LogP contribution < -0.4 is 9.47 Å². The van der Waals surface area contributed by atoms with Crippen LogP contribution >= 0.6 is 23.8 Å². The molecule has 3 aromatic rings. The molecule has 0 saturated carbocycles. The Morgan fingerprint density at radius 2 is 2.04 bits per heavy atom. The van der Waals surface area contributed by atoms with Gasteiger partial charge < -0.3 is 9.47 Å². The fraction of sp³-hybridized carbons (Fsp3) is 0.211. The molecule has 3 rings (SSSR count). The number of hydrogen-bond acceptors (Lipinski definition) is 5. The Hall–Kier alpha value is -2.64. The number of hydrogen-bond donors (Lipinski definition) is 1. The fourth-order valence-corrected chi connectivity index (χ4v) is 2.96. The van der Waals surface area contributed by atoms with Crippen LogP contribution in [0.25, 0.3) is 11.4 Å². The molecule has 0 fully saturated rings. The minimum Gasteiger partial charge on any atom is -0.493 e. The van der Waals surface area contributed by atoms with E-state index in [2.05, 4.69) is 15.3 Å². The summed E-state index contributed by atoms with van der Waals surface area (Å²) in [6.07, 6.45) is 1.65. The second-order valence-corrected chi connectivity index (χ2v) is 6.54. The predicted molar refractivity (Wildman–Crippen MR) is 110 cm³/mol. The minimum absolute atomic E-state index is 0.394. The van der Waals surface area contributed by atoms with E-state index in [9.17, 15) is 0 Å². The Bertz CT molecular complexity index is 1030. The summed E-state index contributed by atoms with van der Waals surface area (Å²) < 4.78 is 12.9. The minimum atomic E-state index is 0.394. The normalized spacial score (nSPS) is 11.1. The Kier molecular flexibility index (Phi) is 5.93. The molecule has 8 heteroatoms. The van der Waals surface area contributed by atoms with Crippen molar-refractivity contribution in [2.75, 3.05) is 13.7 Å². The summed E-state index contributed by atoms with van der Waals surface area (Å²) in [6, 6.07) is 11.5. The van der Waals surface area contributed by atoms with Crippen LogP contribution in [0.3, 0.4) is 0 Å². The summed E-state index contributed by atoms with van der Waals surface area (Å²) in [7, 11) is 1.57. The lowest BCUT2D eigenvalue weighted by Gasteiger charge is -2.11. The van der Waals surface area contributed by atoms with Crippen LogP contribution in [0.2, 0.25) is 5.02 Å². The van der Waals surface area contributed by atoms with Crippen molar-refractivity contribution in [2.24, 2.45) is 5.10 Å². The average Bonchev–Trinajstić information content (AvgIpc) is 3.03. The molecule has 1 heterocycles. The summed E-state index contributed by atoms with van der Waals surface area (Å²) in [5, 5.41) is 12.0. The van der Waals surface area contributed by atoms with Crippen LogP contribution in [0.1, 0.15) is 18.1 Å². The van der Waals surface area contributed by atoms with Gasteiger partial charge in [0.05, 0.1) is 25.0 Å². The molecule has 0 atom stereocenters. The van der Waals surface area contributed by atoms with Crippen molar-refractivity contribution in [3.8, 4) is 22.9 Å². The SMILES string of the molecule is CCOc1c(Cl)cc(/C=N/n2c(-c3ccc(C)cc3)n[nH]c2=S)cc1OC. The first-order valence-corrected chi connectivity index (χ1v) is 9.11. The summed E-state index contributed by atoms with van der Waals surface area (Å²) in [5.41, 5.74) is 2.82. The van der Waals surface area contributed by atoms with Crippen LogP contribution in [-0.4, -0.2) is 34.8 Å². The van der Waals surface area contributed by atoms with E-state index in [1.54, 1.807) is 30.1 Å². The van der Waals surface area contributed by atoms with Gasteiger partial charge in [-0.05, 0) is 43.8 Å². The zero-order valence-electron chi connectivity index (χ0n) is 15.2. The molecule has 0 radical (unpaired) electrons. The molecule has 0 aliphatic rings. The largest absolute Gasteiger partial charge is 0.493 e. The number of aromatic amines is 1. The summed E-state index contributed by atoms with van der Waals surface area (Å²) in [6.45, 7) is 4.41. The van der Waals surface area contributed by atoms with Crippen molar-refractivity contribution in [3.05, 3.63) is 57.3 Å². The topological polar surface area (TPSA) is 64.4 Å². The Labute approximate surface area is 167 Å². The number of rotatable bonds is 6. The lowest BCUT2D eigenvalue weighted by atomic mass is 10.1. The molecule has 0 unspecified atom stereocenters. The molecule has 1 N–H and O–H groups in total. The van der Waals surface area contributed by atoms with Gasteiger partial charge in [-0.25, -0.2) is 5.10 Å². The van der Waals surface area contributed by atoms with Crippen LogP contribution in [0.5, 0.6) is 11.5 Å². The molecular weight excluding hydrogens is 384 g/mol. The van der Waals surface area contributed by atoms with Gasteiger partial charge >= 0.3 is 0 Å². The van der Waals surface area contributed by atoms with Gasteiger partial charge in [0.25, 0.3) is 0 Å². The molecule has 0 spiro atoms. The highest BCUT2D eigenvalue weighted by atomic mass is 35.5. The first-order valence-electron chi connectivity index (χ1n) is 8.32. The van der Waals surface area contributed by atoms with Gasteiger partial charge in [0.2, 0.25) is 4.77 Å². The zero-order chi connectivity index (χ0) is 19.4. The Morgan fingerprint density at radius 1 is 1.30 bits per heavy atom. The first-order chi connectivity index (χ1) is 13.0. The molecule has 0 aliphatic carbocycles. The van der Waals surface area contributed by atoms with Crippen molar-refractivity contribution in [1.29, 1.82) is 0 Å². The van der Waals surface area contributed by atoms with Crippen LogP contribution in [-0.2, 0) is 0 Å². The Balaban J connectivity index is 1.98. The number of aromatic nitrogens is 3. The van der Waals surface area contributed by atoms with Crippen LogP contribution in [0, 0.1) is 11.7 Å². The van der Waals surface area contributed by atoms with E-state index in [1.807, 2.05) is 38.1 Å². The summed E-state index contributed by atoms with van der Waals surface area (Å²) in [4.78, 5) is 0. The molecule has 0 amide bonds. The zero-order valence-corrected chi connectivity index (χ0v) is 16.8. The van der Waals surface area contributed by atoms with Crippen molar-refractivity contribution < 1.29 is 9.47 Å². The number of halogens is 1. The maximum Gasteiger partial charge on any atom is 0.216 e. The number of methoxy groups -OCH3 is 1. The number of H-pyrrole nitrogens is 1. The highest BCUT2D eigenvalue weighted by molar-refractivity contribution is 7.71. The van der Waals surface area contributed by atoms with Crippen molar-refractivity contribution in [3.63, 3.8) is 0 Å². The van der Waals surface area contributed by atoms with E-state index in [1.165, 1.54) is 5.56 Å². The molecular formula is C19H19ClN4O2S. The molecule has 0 saturated heterocycles. The third-order valence-corrected chi connectivity index (χ3v) is 4.37. The quantitative estimate of drug-likeness (QED) is 0.472. The predicted octanol–water partition coefficient (Wildman–Crippen LogP) is 4.86. The maximum atomic E-state index is 6.31. The van der Waals surface area contributed by atoms with Gasteiger partial charge in [0, 0.05) is 5.56 Å². The van der Waals surface area contributed by atoms with Gasteiger partial charge in [-0.1, -0.05) is 41.4 Å². The Morgan fingerprint density at radius 3 is 2.70 bits per heavy atom. The van der Waals surface area contributed by atoms with Crippen LogP contribution in [0.4, 0.5) is 0 Å². The summed E-state index contributed by atoms with van der Waals surface area (Å²) in [5.74, 6) is 1.68. The lowest BCUT2D eigenvalue weighted by Crippen LogP contribution is -1.99. The van der Waals surface area contributed by atoms with Crippen molar-refractivity contribution in [1.82, 2.24) is 14.9 Å². The number of nitrogens with one attached hydrogen (secondary N) is 1. The first kappa shape index (κ1) is 19.1. The van der Waals surface area contributed by atoms with Crippen molar-refractivity contribution >= 4 is 30.0 Å². The van der Waals surface area contributed by atoms with Crippen molar-refractivity contribution in [2.45, 2.75) is 13.8 Å². The molecule has 0 bridgehead atoms. The average molecular weight is 403 g/mol. The monoisotopic (exact) mass is 402 g/mol. The van der Waals surface area contributed by atoms with Gasteiger partial charge in [0.1, 0.15) is 0 Å². The van der Waals surface area contributed by atoms with Crippen LogP contribution in [0.15, 0.2) is 41.5 Å². The standard InChI is InChI=1S/C19H19ClN4O2S/c1-4-26-17-15(20)9-13(10-16(17)25-3)11-21-24-18(22-23-19(24)27)14-7-5-12(2)6-8-14/h5-11H,4H2,1-3H3,(H,23,27)/b21-11+.